The highest BCUT2D eigenvalue weighted by molar-refractivity contribution is 5.40. The van der Waals surface area contributed by atoms with Crippen molar-refractivity contribution in [1.82, 2.24) is 0 Å². The summed E-state index contributed by atoms with van der Waals surface area (Å²) in [5, 5.41) is 64.9. The zero-order valence-electron chi connectivity index (χ0n) is 27.7. The first-order valence-electron chi connectivity index (χ1n) is 17.0. The van der Waals surface area contributed by atoms with Crippen LogP contribution >= 0.6 is 0 Å². The van der Waals surface area contributed by atoms with Crippen LogP contribution in [0, 0.1) is 46.3 Å². The molecule has 3 saturated carbocycles. The molecule has 0 aromatic carbocycles. The third kappa shape index (κ3) is 5.66. The number of aliphatic hydroxyl groups is 6. The molecule has 4 fully saturated rings. The highest BCUT2D eigenvalue weighted by atomic mass is 16.7. The maximum atomic E-state index is 11.8. The van der Waals surface area contributed by atoms with Gasteiger partial charge in [0.2, 0.25) is 0 Å². The van der Waals surface area contributed by atoms with Gasteiger partial charge in [0.15, 0.2) is 6.29 Å². The van der Waals surface area contributed by atoms with Crippen molar-refractivity contribution in [2.45, 2.75) is 135 Å². The molecule has 1 aliphatic heterocycles. The van der Waals surface area contributed by atoms with Gasteiger partial charge in [0.1, 0.15) is 30.5 Å². The Bertz CT molecular complexity index is 1080. The van der Waals surface area contributed by atoms with E-state index in [0.29, 0.717) is 31.1 Å². The van der Waals surface area contributed by atoms with Crippen LogP contribution in [0.25, 0.3) is 0 Å². The van der Waals surface area contributed by atoms with Gasteiger partial charge < -0.3 is 44.8 Å². The maximum Gasteiger partial charge on any atom is 0.187 e. The molecule has 252 valence electrons. The zero-order valence-corrected chi connectivity index (χ0v) is 27.7. The van der Waals surface area contributed by atoms with Crippen molar-refractivity contribution in [3.05, 3.63) is 23.3 Å². The van der Waals surface area contributed by atoms with Crippen LogP contribution in [-0.2, 0) is 14.2 Å². The largest absolute Gasteiger partial charge is 0.394 e. The second kappa shape index (κ2) is 13.0. The van der Waals surface area contributed by atoms with Gasteiger partial charge in [-0.15, -0.1) is 0 Å². The molecule has 16 atom stereocenters. The Labute approximate surface area is 263 Å². The Balaban J connectivity index is 1.53. The summed E-state index contributed by atoms with van der Waals surface area (Å²) in [4.78, 5) is 0. The fourth-order valence-corrected chi connectivity index (χ4v) is 9.90. The predicted octanol–water partition coefficient (Wildman–Crippen LogP) is 2.95. The number of methoxy groups -OCH3 is 1. The van der Waals surface area contributed by atoms with E-state index >= 15 is 0 Å². The van der Waals surface area contributed by atoms with Crippen LogP contribution in [0.5, 0.6) is 0 Å². The summed E-state index contributed by atoms with van der Waals surface area (Å²) in [5.74, 6) is 0.965. The van der Waals surface area contributed by atoms with Crippen LogP contribution in [0.1, 0.15) is 80.1 Å². The highest BCUT2D eigenvalue weighted by Gasteiger charge is 2.63. The van der Waals surface area contributed by atoms with Gasteiger partial charge in [-0.2, -0.15) is 0 Å². The zero-order chi connectivity index (χ0) is 32.3. The van der Waals surface area contributed by atoms with E-state index in [1.54, 1.807) is 0 Å². The molecule has 1 saturated heterocycles. The number of ether oxygens (including phenoxy) is 3. The van der Waals surface area contributed by atoms with Gasteiger partial charge in [0.05, 0.1) is 24.9 Å². The summed E-state index contributed by atoms with van der Waals surface area (Å²) >= 11 is 0. The monoisotopic (exact) mass is 622 g/mol. The molecule has 6 N–H and O–H groups in total. The van der Waals surface area contributed by atoms with Crippen LogP contribution in [0.2, 0.25) is 0 Å². The minimum Gasteiger partial charge on any atom is -0.394 e. The SMILES string of the molecule is CO[C@@H]1[C@@H](O)[C@H](O[C@@H]2CC3=C4[C@@H](O)[C@@H](O)[C@H]5C[C@H](O)CC[C@]5(C)[C@H]4CC[C@]3(C)[C@H]2[C@H](C)/C=C/[C@@H](C)C(C)C)O[C@H]1C(O)CO. The van der Waals surface area contributed by atoms with E-state index < -0.39 is 55.6 Å². The first-order valence-corrected chi connectivity index (χ1v) is 17.0. The molecule has 1 heterocycles. The van der Waals surface area contributed by atoms with E-state index in [4.69, 9.17) is 14.2 Å². The minimum absolute atomic E-state index is 0.00298. The molecule has 0 spiro atoms. The molecule has 0 radical (unpaired) electrons. The van der Waals surface area contributed by atoms with Crippen molar-refractivity contribution in [3.8, 4) is 0 Å². The van der Waals surface area contributed by atoms with Crippen molar-refractivity contribution in [1.29, 1.82) is 0 Å². The molecule has 4 aliphatic carbocycles. The van der Waals surface area contributed by atoms with Crippen molar-refractivity contribution in [2.24, 2.45) is 46.3 Å². The van der Waals surface area contributed by atoms with Crippen LogP contribution in [0.15, 0.2) is 23.3 Å². The molecular weight excluding hydrogens is 564 g/mol. The van der Waals surface area contributed by atoms with Gasteiger partial charge in [-0.25, -0.2) is 0 Å². The lowest BCUT2D eigenvalue weighted by Crippen LogP contribution is -2.58. The summed E-state index contributed by atoms with van der Waals surface area (Å²) in [6.45, 7) is 12.8. The van der Waals surface area contributed by atoms with Crippen LogP contribution < -0.4 is 0 Å². The maximum absolute atomic E-state index is 11.8. The van der Waals surface area contributed by atoms with Crippen LogP contribution in [0.3, 0.4) is 0 Å². The first-order chi connectivity index (χ1) is 20.7. The third-order valence-corrected chi connectivity index (χ3v) is 12.9. The Hall–Kier alpha value is -0.880. The number of aliphatic hydroxyl groups excluding tert-OH is 6. The highest BCUT2D eigenvalue weighted by Crippen LogP contribution is 2.66. The van der Waals surface area contributed by atoms with E-state index in [-0.39, 0.29) is 40.6 Å². The average Bonchev–Trinajstić information content (AvgIpc) is 3.46. The number of fused-ring (bicyclic) bond motifs is 4. The lowest BCUT2D eigenvalue weighted by Gasteiger charge is -2.59. The molecule has 5 aliphatic rings. The lowest BCUT2D eigenvalue weighted by atomic mass is 9.47. The third-order valence-electron chi connectivity index (χ3n) is 12.9. The Morgan fingerprint density at radius 3 is 2.34 bits per heavy atom. The van der Waals surface area contributed by atoms with Crippen molar-refractivity contribution < 1.29 is 44.8 Å². The van der Waals surface area contributed by atoms with Gasteiger partial charge >= 0.3 is 0 Å². The molecule has 44 heavy (non-hydrogen) atoms. The molecule has 9 nitrogen and oxygen atoms in total. The summed E-state index contributed by atoms with van der Waals surface area (Å²) < 4.78 is 18.2. The lowest BCUT2D eigenvalue weighted by molar-refractivity contribution is -0.212. The number of hydrogen-bond donors (Lipinski definition) is 6. The Kier molecular flexibility index (Phi) is 10.2. The molecule has 5 rings (SSSR count). The summed E-state index contributed by atoms with van der Waals surface area (Å²) in [7, 11) is 1.44. The van der Waals surface area contributed by atoms with Crippen molar-refractivity contribution in [2.75, 3.05) is 13.7 Å². The van der Waals surface area contributed by atoms with E-state index in [0.717, 1.165) is 30.4 Å². The van der Waals surface area contributed by atoms with Gasteiger partial charge in [-0.1, -0.05) is 59.3 Å². The van der Waals surface area contributed by atoms with E-state index in [9.17, 15) is 30.6 Å². The number of hydrogen-bond acceptors (Lipinski definition) is 9. The van der Waals surface area contributed by atoms with Gasteiger partial charge in [0.25, 0.3) is 0 Å². The van der Waals surface area contributed by atoms with Crippen LogP contribution in [0.4, 0.5) is 0 Å². The summed E-state index contributed by atoms with van der Waals surface area (Å²) in [6, 6.07) is 0. The minimum atomic E-state index is -1.23. The molecule has 0 aromatic heterocycles. The molecule has 0 bridgehead atoms. The average molecular weight is 623 g/mol. The second-order valence-corrected chi connectivity index (χ2v) is 15.6. The normalized spacial score (nSPS) is 47.9. The second-order valence-electron chi connectivity index (χ2n) is 15.6. The summed E-state index contributed by atoms with van der Waals surface area (Å²) in [6.07, 6.45) is 0.931. The van der Waals surface area contributed by atoms with E-state index in [1.807, 2.05) is 0 Å². The predicted molar refractivity (Wildman–Crippen MR) is 165 cm³/mol. The number of rotatable bonds is 9. The Morgan fingerprint density at radius 2 is 1.70 bits per heavy atom. The quantitative estimate of drug-likeness (QED) is 0.214. The molecule has 0 amide bonds. The standard InChI is InChI=1S/C35H58O9/c1-17(2)18(3)8-9-19(4)27-25(43-33-30(41)32(42-7)31(44-33)24(38)16-36)15-22-26-21(11-13-35(22,27)6)34(5)12-10-20(37)14-23(34)28(39)29(26)40/h8-9,17-21,23-25,27-33,36-41H,10-16H2,1-7H3/b9-8+/t18-,19-,20-,21+,23-,24?,25-,27+,28+,29-,30-,31+,32-,33-,34-,35+/m1/s1. The topological polar surface area (TPSA) is 149 Å². The van der Waals surface area contributed by atoms with Crippen LogP contribution in [-0.4, -0.2) is 99.5 Å². The molecule has 9 heteroatoms. The van der Waals surface area contributed by atoms with Gasteiger partial charge in [-0.05, 0) is 84.5 Å². The van der Waals surface area contributed by atoms with E-state index in [1.165, 1.54) is 7.11 Å². The van der Waals surface area contributed by atoms with Crippen molar-refractivity contribution >= 4 is 0 Å². The molecule has 1 unspecified atom stereocenters. The Morgan fingerprint density at radius 1 is 1.00 bits per heavy atom. The summed E-state index contributed by atoms with van der Waals surface area (Å²) in [5.41, 5.74) is 1.59. The molecular formula is C35H58O9. The van der Waals surface area contributed by atoms with Crippen molar-refractivity contribution in [3.63, 3.8) is 0 Å². The molecule has 0 aromatic rings. The first kappa shape index (κ1) is 34.5. The van der Waals surface area contributed by atoms with E-state index in [2.05, 4.69) is 53.7 Å². The fourth-order valence-electron chi connectivity index (χ4n) is 9.90. The smallest absolute Gasteiger partial charge is 0.187 e. The fraction of sp³-hybridized carbons (Fsp3) is 0.886. The van der Waals surface area contributed by atoms with Gasteiger partial charge in [0, 0.05) is 13.0 Å². The number of allylic oxidation sites excluding steroid dienone is 2. The van der Waals surface area contributed by atoms with Gasteiger partial charge in [-0.3, -0.25) is 0 Å².